The SMILES string of the molecule is O=C(NCC(O)C(O)c1ccc(Cl)c(CCl)c1)OCC1c2ccccc2-c2ccccc21. The molecule has 0 bridgehead atoms. The fourth-order valence-corrected chi connectivity index (χ4v) is 4.53. The molecule has 7 heteroatoms. The van der Waals surface area contributed by atoms with E-state index in [2.05, 4.69) is 17.4 Å². The van der Waals surface area contributed by atoms with Crippen molar-refractivity contribution < 1.29 is 19.7 Å². The molecular weight excluding hydrogens is 449 g/mol. The summed E-state index contributed by atoms with van der Waals surface area (Å²) in [5.41, 5.74) is 5.66. The van der Waals surface area contributed by atoms with E-state index in [0.29, 0.717) is 16.1 Å². The number of nitrogens with one attached hydrogen (secondary N) is 1. The van der Waals surface area contributed by atoms with Crippen molar-refractivity contribution in [2.45, 2.75) is 24.0 Å². The van der Waals surface area contributed by atoms with E-state index in [4.69, 9.17) is 27.9 Å². The number of carbonyl (C=O) groups excluding carboxylic acids is 1. The second kappa shape index (κ2) is 9.92. The van der Waals surface area contributed by atoms with Crippen LogP contribution in [0.4, 0.5) is 4.79 Å². The highest BCUT2D eigenvalue weighted by molar-refractivity contribution is 6.32. The first-order chi connectivity index (χ1) is 15.5. The summed E-state index contributed by atoms with van der Waals surface area (Å²) in [4.78, 5) is 12.3. The van der Waals surface area contributed by atoms with Gasteiger partial charge in [0.15, 0.2) is 0 Å². The van der Waals surface area contributed by atoms with Gasteiger partial charge in [-0.05, 0) is 39.4 Å². The van der Waals surface area contributed by atoms with Crippen molar-refractivity contribution in [1.82, 2.24) is 5.32 Å². The van der Waals surface area contributed by atoms with Crippen LogP contribution in [0.25, 0.3) is 11.1 Å². The van der Waals surface area contributed by atoms with Crippen LogP contribution in [0.3, 0.4) is 0 Å². The molecule has 0 heterocycles. The molecule has 3 N–H and O–H groups in total. The lowest BCUT2D eigenvalue weighted by Crippen LogP contribution is -2.36. The molecule has 0 radical (unpaired) electrons. The summed E-state index contributed by atoms with van der Waals surface area (Å²) >= 11 is 11.9. The number of ether oxygens (including phenoxy) is 1. The van der Waals surface area contributed by atoms with Crippen molar-refractivity contribution in [3.05, 3.63) is 94.0 Å². The van der Waals surface area contributed by atoms with Gasteiger partial charge < -0.3 is 20.3 Å². The van der Waals surface area contributed by atoms with E-state index in [9.17, 15) is 15.0 Å². The van der Waals surface area contributed by atoms with Crippen LogP contribution in [-0.4, -0.2) is 35.6 Å². The lowest BCUT2D eigenvalue weighted by Gasteiger charge is -2.20. The number of aliphatic hydroxyl groups is 2. The van der Waals surface area contributed by atoms with E-state index in [1.165, 1.54) is 0 Å². The molecule has 3 aromatic carbocycles. The third-order valence-electron chi connectivity index (χ3n) is 5.72. The molecule has 2 unspecified atom stereocenters. The quantitative estimate of drug-likeness (QED) is 0.423. The maximum atomic E-state index is 12.3. The van der Waals surface area contributed by atoms with Gasteiger partial charge in [-0.25, -0.2) is 4.79 Å². The van der Waals surface area contributed by atoms with Crippen LogP contribution >= 0.6 is 23.2 Å². The summed E-state index contributed by atoms with van der Waals surface area (Å²) in [5, 5.41) is 23.7. The molecular formula is C25H23Cl2NO4. The van der Waals surface area contributed by atoms with Gasteiger partial charge in [-0.2, -0.15) is 0 Å². The molecule has 5 nitrogen and oxygen atoms in total. The number of halogens is 2. The Morgan fingerprint density at radius 2 is 1.62 bits per heavy atom. The van der Waals surface area contributed by atoms with Crippen molar-refractivity contribution in [3.63, 3.8) is 0 Å². The molecule has 2 atom stereocenters. The van der Waals surface area contributed by atoms with Crippen LogP contribution < -0.4 is 5.32 Å². The summed E-state index contributed by atoms with van der Waals surface area (Å²) in [6.07, 6.45) is -3.08. The Labute approximate surface area is 196 Å². The van der Waals surface area contributed by atoms with Gasteiger partial charge in [-0.3, -0.25) is 0 Å². The van der Waals surface area contributed by atoms with Gasteiger partial charge in [-0.15, -0.1) is 11.6 Å². The predicted molar refractivity (Wildman–Crippen MR) is 125 cm³/mol. The normalized spacial score (nSPS) is 14.4. The summed E-state index contributed by atoms with van der Waals surface area (Å²) in [6.45, 7) is 0.00541. The van der Waals surface area contributed by atoms with E-state index >= 15 is 0 Å². The molecule has 0 aromatic heterocycles. The number of benzene rings is 3. The Balaban J connectivity index is 1.34. The molecule has 0 saturated carbocycles. The van der Waals surface area contributed by atoms with Crippen molar-refractivity contribution in [2.75, 3.05) is 13.2 Å². The minimum atomic E-state index is -1.22. The third kappa shape index (κ3) is 4.62. The molecule has 0 saturated heterocycles. The monoisotopic (exact) mass is 471 g/mol. The highest BCUT2D eigenvalue weighted by atomic mass is 35.5. The van der Waals surface area contributed by atoms with E-state index in [1.807, 2.05) is 36.4 Å². The van der Waals surface area contributed by atoms with Gasteiger partial charge in [0.05, 0.1) is 0 Å². The summed E-state index contributed by atoms with van der Waals surface area (Å²) in [6, 6.07) is 21.0. The lowest BCUT2D eigenvalue weighted by atomic mass is 9.98. The molecule has 0 spiro atoms. The van der Waals surface area contributed by atoms with Crippen LogP contribution in [0.2, 0.25) is 5.02 Å². The molecule has 0 aliphatic heterocycles. The van der Waals surface area contributed by atoms with Gasteiger partial charge in [0, 0.05) is 23.4 Å². The number of aliphatic hydroxyl groups excluding tert-OH is 2. The number of hydrogen-bond acceptors (Lipinski definition) is 4. The average molecular weight is 472 g/mol. The van der Waals surface area contributed by atoms with E-state index in [0.717, 1.165) is 22.3 Å². The minimum absolute atomic E-state index is 0.0493. The molecule has 0 fully saturated rings. The van der Waals surface area contributed by atoms with Crippen LogP contribution in [0.15, 0.2) is 66.7 Å². The molecule has 1 amide bonds. The smallest absolute Gasteiger partial charge is 0.407 e. The van der Waals surface area contributed by atoms with Crippen molar-refractivity contribution in [2.24, 2.45) is 0 Å². The molecule has 1 aliphatic rings. The Morgan fingerprint density at radius 3 is 2.25 bits per heavy atom. The Hall–Kier alpha value is -2.57. The Morgan fingerprint density at radius 1 is 1.00 bits per heavy atom. The average Bonchev–Trinajstić information content (AvgIpc) is 3.14. The number of carbonyl (C=O) groups is 1. The molecule has 1 aliphatic carbocycles. The van der Waals surface area contributed by atoms with Crippen LogP contribution in [0.1, 0.15) is 34.3 Å². The highest BCUT2D eigenvalue weighted by Crippen LogP contribution is 2.44. The number of amides is 1. The van der Waals surface area contributed by atoms with E-state index in [-0.39, 0.29) is 24.9 Å². The largest absolute Gasteiger partial charge is 0.449 e. The zero-order valence-corrected chi connectivity index (χ0v) is 18.7. The van der Waals surface area contributed by atoms with Gasteiger partial charge >= 0.3 is 6.09 Å². The topological polar surface area (TPSA) is 78.8 Å². The zero-order valence-electron chi connectivity index (χ0n) is 17.2. The van der Waals surface area contributed by atoms with Gasteiger partial charge in [0.1, 0.15) is 18.8 Å². The van der Waals surface area contributed by atoms with Gasteiger partial charge in [-0.1, -0.05) is 72.3 Å². The number of alkyl halides is 1. The van der Waals surface area contributed by atoms with E-state index in [1.54, 1.807) is 18.2 Å². The second-order valence-electron chi connectivity index (χ2n) is 7.70. The summed E-state index contributed by atoms with van der Waals surface area (Å²) in [5.74, 6) is 0.139. The van der Waals surface area contributed by atoms with Crippen LogP contribution in [0.5, 0.6) is 0 Å². The Bertz CT molecular complexity index is 1080. The third-order valence-corrected chi connectivity index (χ3v) is 6.38. The van der Waals surface area contributed by atoms with Crippen molar-refractivity contribution in [1.29, 1.82) is 0 Å². The predicted octanol–water partition coefficient (Wildman–Crippen LogP) is 5.01. The molecule has 3 aromatic rings. The summed E-state index contributed by atoms with van der Waals surface area (Å²) in [7, 11) is 0. The summed E-state index contributed by atoms with van der Waals surface area (Å²) < 4.78 is 5.45. The van der Waals surface area contributed by atoms with Gasteiger partial charge in [0.2, 0.25) is 0 Å². The number of rotatable bonds is 7. The van der Waals surface area contributed by atoms with Crippen molar-refractivity contribution >= 4 is 29.3 Å². The molecule has 4 rings (SSSR count). The first-order valence-corrected chi connectivity index (χ1v) is 11.2. The lowest BCUT2D eigenvalue weighted by molar-refractivity contribution is 0.0185. The maximum absolute atomic E-state index is 12.3. The number of hydrogen-bond donors (Lipinski definition) is 3. The second-order valence-corrected chi connectivity index (χ2v) is 8.38. The minimum Gasteiger partial charge on any atom is -0.449 e. The van der Waals surface area contributed by atoms with Crippen LogP contribution in [0, 0.1) is 0 Å². The first-order valence-electron chi connectivity index (χ1n) is 10.3. The highest BCUT2D eigenvalue weighted by Gasteiger charge is 2.29. The van der Waals surface area contributed by atoms with Gasteiger partial charge in [0.25, 0.3) is 0 Å². The number of alkyl carbamates (subject to hydrolysis) is 1. The molecule has 166 valence electrons. The fraction of sp³-hybridized carbons (Fsp3) is 0.240. The van der Waals surface area contributed by atoms with Crippen molar-refractivity contribution in [3.8, 4) is 11.1 Å². The molecule has 32 heavy (non-hydrogen) atoms. The van der Waals surface area contributed by atoms with Crippen LogP contribution in [-0.2, 0) is 10.6 Å². The first kappa shape index (κ1) is 22.6. The fourth-order valence-electron chi connectivity index (χ4n) is 4.05. The van der Waals surface area contributed by atoms with E-state index < -0.39 is 18.3 Å². The zero-order chi connectivity index (χ0) is 22.7. The number of fused-ring (bicyclic) bond motifs is 3. The maximum Gasteiger partial charge on any atom is 0.407 e. The standard InChI is InChI=1S/C25H23Cl2NO4/c26-12-16-11-15(9-10-22(16)27)24(30)23(29)13-28-25(31)32-14-21-19-7-3-1-5-17(19)18-6-2-4-8-20(18)21/h1-11,21,23-24,29-30H,12-14H2,(H,28,31). The Kier molecular flexibility index (Phi) is 7.01.